The molecule has 27 heavy (non-hydrogen) atoms. The van der Waals surface area contributed by atoms with Crippen LogP contribution in [0.25, 0.3) is 0 Å². The van der Waals surface area contributed by atoms with Gasteiger partial charge in [-0.05, 0) is 42.8 Å². The lowest BCUT2D eigenvalue weighted by Crippen LogP contribution is -2.20. The molecule has 0 radical (unpaired) electrons. The monoisotopic (exact) mass is 381 g/mol. The summed E-state index contributed by atoms with van der Waals surface area (Å²) in [5.74, 6) is 0.860. The van der Waals surface area contributed by atoms with Crippen molar-refractivity contribution in [1.29, 1.82) is 0 Å². The van der Waals surface area contributed by atoms with Gasteiger partial charge in [0.2, 0.25) is 0 Å². The second kappa shape index (κ2) is 9.05. The summed E-state index contributed by atoms with van der Waals surface area (Å²) < 4.78 is 5.45. The highest BCUT2D eigenvalue weighted by Gasteiger charge is 2.05. The minimum atomic E-state index is -0.264. The Kier molecular flexibility index (Phi) is 6.28. The fourth-order valence-electron chi connectivity index (χ4n) is 2.37. The van der Waals surface area contributed by atoms with Crippen LogP contribution in [0.1, 0.15) is 11.1 Å². The Morgan fingerprint density at radius 1 is 1.07 bits per heavy atom. The first-order valence-electron chi connectivity index (χ1n) is 8.53. The van der Waals surface area contributed by atoms with E-state index in [9.17, 15) is 4.79 Å². The molecule has 2 N–H and O–H groups in total. The topological polar surface area (TPSA) is 63.2 Å². The summed E-state index contributed by atoms with van der Waals surface area (Å²) in [5.41, 5.74) is 2.98. The van der Waals surface area contributed by atoms with E-state index in [1.54, 1.807) is 12.3 Å². The molecule has 3 aromatic rings. The molecular weight excluding hydrogens is 362 g/mol. The highest BCUT2D eigenvalue weighted by Crippen LogP contribution is 2.17. The Bertz CT molecular complexity index is 896. The number of carbonyl (C=O) groups is 1. The van der Waals surface area contributed by atoms with E-state index in [-0.39, 0.29) is 12.5 Å². The zero-order valence-electron chi connectivity index (χ0n) is 14.9. The Balaban J connectivity index is 1.47. The number of aromatic nitrogens is 1. The molecule has 6 heteroatoms. The van der Waals surface area contributed by atoms with Crippen molar-refractivity contribution in [2.45, 2.75) is 13.5 Å². The SMILES string of the molecule is Cc1ccc(OCC(=O)Nc2ccc(NCc3ccccc3Cl)cn2)cc1. The summed E-state index contributed by atoms with van der Waals surface area (Å²) >= 11 is 6.14. The number of nitrogens with one attached hydrogen (secondary N) is 2. The number of carbonyl (C=O) groups excluding carboxylic acids is 1. The highest BCUT2D eigenvalue weighted by atomic mass is 35.5. The van der Waals surface area contributed by atoms with Gasteiger partial charge in [-0.2, -0.15) is 0 Å². The smallest absolute Gasteiger partial charge is 0.263 e. The van der Waals surface area contributed by atoms with Crippen molar-refractivity contribution in [3.63, 3.8) is 0 Å². The lowest BCUT2D eigenvalue weighted by Gasteiger charge is -2.09. The molecule has 3 rings (SSSR count). The third-order valence-electron chi connectivity index (χ3n) is 3.86. The zero-order chi connectivity index (χ0) is 19.1. The molecule has 2 aromatic carbocycles. The normalized spacial score (nSPS) is 10.3. The molecule has 1 amide bonds. The molecule has 5 nitrogen and oxygen atoms in total. The second-order valence-corrected chi connectivity index (χ2v) is 6.43. The zero-order valence-corrected chi connectivity index (χ0v) is 15.7. The largest absolute Gasteiger partial charge is 0.484 e. The first-order valence-corrected chi connectivity index (χ1v) is 8.90. The second-order valence-electron chi connectivity index (χ2n) is 6.03. The summed E-state index contributed by atoms with van der Waals surface area (Å²) in [5, 5.41) is 6.68. The predicted molar refractivity (Wildman–Crippen MR) is 108 cm³/mol. The van der Waals surface area contributed by atoms with E-state index in [0.717, 1.165) is 21.8 Å². The van der Waals surface area contributed by atoms with Gasteiger partial charge in [0.25, 0.3) is 5.91 Å². The average molecular weight is 382 g/mol. The van der Waals surface area contributed by atoms with Gasteiger partial charge in [-0.3, -0.25) is 4.79 Å². The van der Waals surface area contributed by atoms with Crippen molar-refractivity contribution >= 4 is 29.0 Å². The molecule has 0 fully saturated rings. The van der Waals surface area contributed by atoms with Gasteiger partial charge in [0.05, 0.1) is 11.9 Å². The molecule has 0 atom stereocenters. The number of rotatable bonds is 7. The van der Waals surface area contributed by atoms with Gasteiger partial charge in [0, 0.05) is 11.6 Å². The van der Waals surface area contributed by atoms with Gasteiger partial charge in [0.15, 0.2) is 6.61 Å². The number of hydrogen-bond donors (Lipinski definition) is 2. The molecule has 0 aliphatic rings. The average Bonchev–Trinajstić information content (AvgIpc) is 2.68. The number of amides is 1. The molecule has 138 valence electrons. The van der Waals surface area contributed by atoms with Crippen LogP contribution in [-0.4, -0.2) is 17.5 Å². The number of aryl methyl sites for hydroxylation is 1. The third-order valence-corrected chi connectivity index (χ3v) is 4.23. The number of pyridine rings is 1. The van der Waals surface area contributed by atoms with E-state index in [1.807, 2.05) is 61.5 Å². The Morgan fingerprint density at radius 2 is 1.85 bits per heavy atom. The van der Waals surface area contributed by atoms with Crippen LogP contribution in [0.15, 0.2) is 66.9 Å². The van der Waals surface area contributed by atoms with Gasteiger partial charge in [-0.25, -0.2) is 4.98 Å². The maximum atomic E-state index is 12.0. The molecule has 0 bridgehead atoms. The molecule has 0 spiro atoms. The Morgan fingerprint density at radius 3 is 2.56 bits per heavy atom. The van der Waals surface area contributed by atoms with Crippen molar-refractivity contribution in [3.05, 3.63) is 83.0 Å². The van der Waals surface area contributed by atoms with Crippen LogP contribution >= 0.6 is 11.6 Å². The minimum absolute atomic E-state index is 0.0722. The molecule has 1 aromatic heterocycles. The van der Waals surface area contributed by atoms with Crippen molar-refractivity contribution in [1.82, 2.24) is 4.98 Å². The molecule has 1 heterocycles. The van der Waals surface area contributed by atoms with E-state index < -0.39 is 0 Å². The van der Waals surface area contributed by atoms with E-state index in [0.29, 0.717) is 18.1 Å². The van der Waals surface area contributed by atoms with Gasteiger partial charge >= 0.3 is 0 Å². The molecule has 0 aliphatic heterocycles. The van der Waals surface area contributed by atoms with Crippen LogP contribution in [0.3, 0.4) is 0 Å². The van der Waals surface area contributed by atoms with Crippen LogP contribution < -0.4 is 15.4 Å². The van der Waals surface area contributed by atoms with E-state index in [4.69, 9.17) is 16.3 Å². The number of benzene rings is 2. The summed E-state index contributed by atoms with van der Waals surface area (Å²) in [6.45, 7) is 2.52. The van der Waals surface area contributed by atoms with E-state index >= 15 is 0 Å². The van der Waals surface area contributed by atoms with Crippen molar-refractivity contribution < 1.29 is 9.53 Å². The first-order chi connectivity index (χ1) is 13.1. The number of nitrogens with zero attached hydrogens (tertiary/aromatic N) is 1. The maximum Gasteiger partial charge on any atom is 0.263 e. The van der Waals surface area contributed by atoms with Gasteiger partial charge in [0.1, 0.15) is 11.6 Å². The molecule has 0 aliphatic carbocycles. The fraction of sp³-hybridized carbons (Fsp3) is 0.143. The van der Waals surface area contributed by atoms with E-state index in [2.05, 4.69) is 15.6 Å². The summed E-state index contributed by atoms with van der Waals surface area (Å²) in [6.07, 6.45) is 1.66. The lowest BCUT2D eigenvalue weighted by molar-refractivity contribution is -0.118. The molecule has 0 unspecified atom stereocenters. The van der Waals surface area contributed by atoms with Crippen LogP contribution in [0.2, 0.25) is 5.02 Å². The fourth-order valence-corrected chi connectivity index (χ4v) is 2.58. The van der Waals surface area contributed by atoms with Crippen molar-refractivity contribution in [3.8, 4) is 5.75 Å². The van der Waals surface area contributed by atoms with Crippen LogP contribution in [-0.2, 0) is 11.3 Å². The number of ether oxygens (including phenoxy) is 1. The summed E-state index contributed by atoms with van der Waals surface area (Å²) in [4.78, 5) is 16.2. The van der Waals surface area contributed by atoms with Crippen molar-refractivity contribution in [2.24, 2.45) is 0 Å². The Hall–Kier alpha value is -3.05. The van der Waals surface area contributed by atoms with Crippen LogP contribution in [0.5, 0.6) is 5.75 Å². The third kappa shape index (κ3) is 5.72. The van der Waals surface area contributed by atoms with Crippen molar-refractivity contribution in [2.75, 3.05) is 17.2 Å². The minimum Gasteiger partial charge on any atom is -0.484 e. The summed E-state index contributed by atoms with van der Waals surface area (Å²) in [7, 11) is 0. The van der Waals surface area contributed by atoms with Crippen LogP contribution in [0, 0.1) is 6.92 Å². The number of halogens is 1. The van der Waals surface area contributed by atoms with Gasteiger partial charge in [-0.1, -0.05) is 47.5 Å². The standard InChI is InChI=1S/C21H20ClN3O2/c1-15-6-9-18(10-7-15)27-14-21(26)25-20-11-8-17(13-24-20)23-12-16-4-2-3-5-19(16)22/h2-11,13,23H,12,14H2,1H3,(H,24,25,26). The number of anilines is 2. The molecule has 0 saturated heterocycles. The molecular formula is C21H20ClN3O2. The quantitative estimate of drug-likeness (QED) is 0.624. The predicted octanol–water partition coefficient (Wildman–Crippen LogP) is 4.67. The number of hydrogen-bond acceptors (Lipinski definition) is 4. The van der Waals surface area contributed by atoms with Gasteiger partial charge < -0.3 is 15.4 Å². The lowest BCUT2D eigenvalue weighted by atomic mass is 10.2. The van der Waals surface area contributed by atoms with Crippen LogP contribution in [0.4, 0.5) is 11.5 Å². The van der Waals surface area contributed by atoms with Gasteiger partial charge in [-0.15, -0.1) is 0 Å². The molecule has 0 saturated carbocycles. The summed E-state index contributed by atoms with van der Waals surface area (Å²) in [6, 6.07) is 18.8. The first kappa shape index (κ1) is 18.7. The van der Waals surface area contributed by atoms with E-state index in [1.165, 1.54) is 0 Å². The Labute approximate surface area is 163 Å². The highest BCUT2D eigenvalue weighted by molar-refractivity contribution is 6.31. The maximum absolute atomic E-state index is 12.0.